The Morgan fingerprint density at radius 2 is 2.07 bits per heavy atom. The van der Waals surface area contributed by atoms with Crippen LogP contribution in [0.3, 0.4) is 0 Å². The van der Waals surface area contributed by atoms with E-state index in [1.807, 2.05) is 6.92 Å². The molecule has 3 nitrogen and oxygen atoms in total. The average molecular weight is 230 g/mol. The maximum absolute atomic E-state index is 5.76. The van der Waals surface area contributed by atoms with Crippen LogP contribution in [-0.4, -0.2) is 42.7 Å². The van der Waals surface area contributed by atoms with Crippen LogP contribution in [0, 0.1) is 5.41 Å². The summed E-state index contributed by atoms with van der Waals surface area (Å²) in [5.41, 5.74) is 5.84. The average Bonchev–Trinajstić information content (AvgIpc) is 2.21. The Morgan fingerprint density at radius 3 is 2.53 bits per heavy atom. The second kappa shape index (κ2) is 5.77. The van der Waals surface area contributed by atoms with Crippen LogP contribution >= 0.6 is 12.2 Å². The Kier molecular flexibility index (Phi) is 4.96. The molecule has 0 bridgehead atoms. The summed E-state index contributed by atoms with van der Waals surface area (Å²) in [6, 6.07) is 0. The van der Waals surface area contributed by atoms with E-state index in [2.05, 4.69) is 11.8 Å². The van der Waals surface area contributed by atoms with E-state index in [1.165, 1.54) is 0 Å². The fraction of sp³-hybridized carbons (Fsp3) is 0.909. The van der Waals surface area contributed by atoms with E-state index >= 15 is 0 Å². The molecule has 4 heteroatoms. The number of nitrogens with zero attached hydrogens (tertiary/aromatic N) is 1. The van der Waals surface area contributed by atoms with E-state index in [9.17, 15) is 0 Å². The van der Waals surface area contributed by atoms with Crippen molar-refractivity contribution in [3.8, 4) is 0 Å². The quantitative estimate of drug-likeness (QED) is 0.572. The predicted octanol–water partition coefficient (Wildman–Crippen LogP) is 1.41. The van der Waals surface area contributed by atoms with Gasteiger partial charge in [0, 0.05) is 18.6 Å². The highest BCUT2D eigenvalue weighted by molar-refractivity contribution is 7.80. The van der Waals surface area contributed by atoms with Gasteiger partial charge in [-0.1, -0.05) is 19.1 Å². The third kappa shape index (κ3) is 3.70. The number of likely N-dealkylation sites (tertiary alicyclic amines) is 1. The zero-order chi connectivity index (χ0) is 11.3. The normalized spacial score (nSPS) is 21.5. The molecule has 1 rings (SSSR count). The smallest absolute Gasteiger partial charge is 0.0788 e. The standard InChI is InChI=1S/C11H22N2OS/c1-3-14-9-8-13-6-4-11(2,5-7-13)10(12)15/h3-9H2,1-2H3,(H2,12,15). The molecule has 1 saturated heterocycles. The van der Waals surface area contributed by atoms with Crippen molar-refractivity contribution in [2.45, 2.75) is 26.7 Å². The summed E-state index contributed by atoms with van der Waals surface area (Å²) in [7, 11) is 0. The van der Waals surface area contributed by atoms with Gasteiger partial charge in [-0.3, -0.25) is 0 Å². The lowest BCUT2D eigenvalue weighted by atomic mass is 9.80. The van der Waals surface area contributed by atoms with Crippen LogP contribution in [0.4, 0.5) is 0 Å². The van der Waals surface area contributed by atoms with Crippen molar-refractivity contribution in [1.82, 2.24) is 4.90 Å². The summed E-state index contributed by atoms with van der Waals surface area (Å²) < 4.78 is 5.34. The van der Waals surface area contributed by atoms with Gasteiger partial charge in [0.1, 0.15) is 0 Å². The van der Waals surface area contributed by atoms with Gasteiger partial charge in [-0.15, -0.1) is 0 Å². The van der Waals surface area contributed by atoms with Gasteiger partial charge in [-0.05, 0) is 32.9 Å². The molecule has 1 heterocycles. The molecule has 0 saturated carbocycles. The molecule has 0 aliphatic carbocycles. The summed E-state index contributed by atoms with van der Waals surface area (Å²) in [5, 5.41) is 0. The minimum absolute atomic E-state index is 0.0808. The highest BCUT2D eigenvalue weighted by Gasteiger charge is 2.32. The highest BCUT2D eigenvalue weighted by atomic mass is 32.1. The molecule has 0 amide bonds. The van der Waals surface area contributed by atoms with Crippen LogP contribution in [0.2, 0.25) is 0 Å². The monoisotopic (exact) mass is 230 g/mol. The molecule has 88 valence electrons. The molecule has 2 N–H and O–H groups in total. The first-order chi connectivity index (χ1) is 7.08. The Labute approximate surface area is 98.0 Å². The first-order valence-corrected chi connectivity index (χ1v) is 6.09. The third-order valence-corrected chi connectivity index (χ3v) is 3.80. The second-order valence-corrected chi connectivity index (χ2v) is 4.90. The zero-order valence-corrected chi connectivity index (χ0v) is 10.6. The molecule has 0 radical (unpaired) electrons. The molecule has 1 fully saturated rings. The summed E-state index contributed by atoms with van der Waals surface area (Å²) in [5.74, 6) is 0. The topological polar surface area (TPSA) is 38.5 Å². The Hall–Kier alpha value is -0.190. The zero-order valence-electron chi connectivity index (χ0n) is 9.79. The number of hydrogen-bond donors (Lipinski definition) is 1. The molecule has 0 aromatic carbocycles. The molecular formula is C11H22N2OS. The van der Waals surface area contributed by atoms with Crippen molar-refractivity contribution in [3.05, 3.63) is 0 Å². The Balaban J connectivity index is 2.26. The Bertz CT molecular complexity index is 213. The third-order valence-electron chi connectivity index (χ3n) is 3.31. The first kappa shape index (κ1) is 12.9. The summed E-state index contributed by atoms with van der Waals surface area (Å²) >= 11 is 5.11. The summed E-state index contributed by atoms with van der Waals surface area (Å²) in [4.78, 5) is 3.10. The van der Waals surface area contributed by atoms with E-state index in [4.69, 9.17) is 22.7 Å². The van der Waals surface area contributed by atoms with Gasteiger partial charge >= 0.3 is 0 Å². The minimum atomic E-state index is 0.0808. The van der Waals surface area contributed by atoms with E-state index in [-0.39, 0.29) is 5.41 Å². The van der Waals surface area contributed by atoms with Gasteiger partial charge in [-0.2, -0.15) is 0 Å². The second-order valence-electron chi connectivity index (χ2n) is 4.46. The fourth-order valence-electron chi connectivity index (χ4n) is 1.85. The van der Waals surface area contributed by atoms with Gasteiger partial charge < -0.3 is 15.4 Å². The maximum atomic E-state index is 5.76. The van der Waals surface area contributed by atoms with Crippen LogP contribution in [0.25, 0.3) is 0 Å². The molecule has 1 aliphatic rings. The van der Waals surface area contributed by atoms with Gasteiger partial charge in [0.15, 0.2) is 0 Å². The van der Waals surface area contributed by atoms with Gasteiger partial charge in [0.25, 0.3) is 0 Å². The SMILES string of the molecule is CCOCCN1CCC(C)(C(N)=S)CC1. The van der Waals surface area contributed by atoms with Crippen molar-refractivity contribution in [2.75, 3.05) is 32.8 Å². The number of hydrogen-bond acceptors (Lipinski definition) is 3. The van der Waals surface area contributed by atoms with E-state index < -0.39 is 0 Å². The molecule has 1 aliphatic heterocycles. The van der Waals surface area contributed by atoms with Crippen molar-refractivity contribution in [1.29, 1.82) is 0 Å². The molecule has 0 spiro atoms. The van der Waals surface area contributed by atoms with Gasteiger partial charge in [0.2, 0.25) is 0 Å². The number of nitrogens with two attached hydrogens (primary N) is 1. The molecular weight excluding hydrogens is 208 g/mol. The molecule has 0 aromatic heterocycles. The van der Waals surface area contributed by atoms with E-state index in [1.54, 1.807) is 0 Å². The highest BCUT2D eigenvalue weighted by Crippen LogP contribution is 2.30. The molecule has 0 unspecified atom stereocenters. The van der Waals surface area contributed by atoms with E-state index in [0.717, 1.165) is 45.7 Å². The van der Waals surface area contributed by atoms with Crippen molar-refractivity contribution < 1.29 is 4.74 Å². The summed E-state index contributed by atoms with van der Waals surface area (Å²) in [6.07, 6.45) is 2.16. The van der Waals surface area contributed by atoms with Crippen LogP contribution in [0.5, 0.6) is 0 Å². The molecule has 15 heavy (non-hydrogen) atoms. The number of ether oxygens (including phenoxy) is 1. The predicted molar refractivity (Wildman–Crippen MR) is 67.1 cm³/mol. The number of thiocarbonyl (C=S) groups is 1. The van der Waals surface area contributed by atoms with Crippen LogP contribution < -0.4 is 5.73 Å². The number of rotatable bonds is 5. The lowest BCUT2D eigenvalue weighted by Gasteiger charge is -2.38. The van der Waals surface area contributed by atoms with Gasteiger partial charge in [-0.25, -0.2) is 0 Å². The Morgan fingerprint density at radius 1 is 1.47 bits per heavy atom. The largest absolute Gasteiger partial charge is 0.393 e. The fourth-order valence-corrected chi connectivity index (χ4v) is 2.06. The van der Waals surface area contributed by atoms with Crippen LogP contribution in [0.1, 0.15) is 26.7 Å². The van der Waals surface area contributed by atoms with Crippen molar-refractivity contribution in [3.63, 3.8) is 0 Å². The van der Waals surface area contributed by atoms with Crippen LogP contribution in [0.15, 0.2) is 0 Å². The summed E-state index contributed by atoms with van der Waals surface area (Å²) in [6.45, 7) is 9.04. The van der Waals surface area contributed by atoms with Gasteiger partial charge in [0.05, 0.1) is 11.6 Å². The molecule has 0 atom stereocenters. The van der Waals surface area contributed by atoms with Crippen LogP contribution in [-0.2, 0) is 4.74 Å². The molecule has 0 aromatic rings. The van der Waals surface area contributed by atoms with Crippen molar-refractivity contribution in [2.24, 2.45) is 11.1 Å². The lowest BCUT2D eigenvalue weighted by Crippen LogP contribution is -2.45. The van der Waals surface area contributed by atoms with Crippen molar-refractivity contribution >= 4 is 17.2 Å². The van der Waals surface area contributed by atoms with E-state index in [0.29, 0.717) is 4.99 Å². The maximum Gasteiger partial charge on any atom is 0.0788 e. The first-order valence-electron chi connectivity index (χ1n) is 5.68. The number of piperidine rings is 1. The minimum Gasteiger partial charge on any atom is -0.393 e. The lowest BCUT2D eigenvalue weighted by molar-refractivity contribution is 0.0901.